The van der Waals surface area contributed by atoms with Crippen molar-refractivity contribution in [3.05, 3.63) is 29.8 Å². The normalized spacial score (nSPS) is 11.4. The monoisotopic (exact) mass is 250 g/mol. The van der Waals surface area contributed by atoms with Crippen molar-refractivity contribution in [2.45, 2.75) is 4.90 Å². The fourth-order valence-electron chi connectivity index (χ4n) is 0.965. The maximum atomic E-state index is 13.0. The highest BCUT2D eigenvalue weighted by atomic mass is 32.2. The third-order valence-corrected chi connectivity index (χ3v) is 3.05. The number of benzene rings is 1. The molecule has 0 spiro atoms. The zero-order chi connectivity index (χ0) is 12.3. The van der Waals surface area contributed by atoms with Crippen LogP contribution in [0.15, 0.2) is 23.1 Å². The number of sulfonamides is 1. The van der Waals surface area contributed by atoms with Gasteiger partial charge in [-0.1, -0.05) is 6.07 Å². The Labute approximate surface area is 89.8 Å². The number of hydrogen-bond donors (Lipinski definition) is 1. The van der Waals surface area contributed by atoms with Gasteiger partial charge in [0.05, 0.1) is 12.5 Å². The summed E-state index contributed by atoms with van der Waals surface area (Å²) in [5.74, 6) is -4.31. The van der Waals surface area contributed by atoms with Crippen LogP contribution in [0.1, 0.15) is 0 Å². The van der Waals surface area contributed by atoms with Crippen LogP contribution in [0.2, 0.25) is 0 Å². The molecule has 0 aliphatic rings. The maximum absolute atomic E-state index is 13.0. The molecule has 0 fully saturated rings. The predicted octanol–water partition coefficient (Wildman–Crippen LogP) is -1.01. The van der Waals surface area contributed by atoms with Gasteiger partial charge in [0.1, 0.15) is 11.6 Å². The molecule has 5 nitrogen and oxygen atoms in total. The van der Waals surface area contributed by atoms with Crippen molar-refractivity contribution in [2.24, 2.45) is 0 Å². The first-order valence-corrected chi connectivity index (χ1v) is 5.46. The lowest BCUT2D eigenvalue weighted by atomic mass is 10.3. The molecule has 0 atom stereocenters. The zero-order valence-corrected chi connectivity index (χ0v) is 8.55. The van der Waals surface area contributed by atoms with Gasteiger partial charge in [0.15, 0.2) is 4.90 Å². The van der Waals surface area contributed by atoms with Crippen molar-refractivity contribution in [1.29, 1.82) is 0 Å². The van der Waals surface area contributed by atoms with Crippen molar-refractivity contribution in [2.75, 3.05) is 6.54 Å². The highest BCUT2D eigenvalue weighted by molar-refractivity contribution is 7.89. The summed E-state index contributed by atoms with van der Waals surface area (Å²) in [4.78, 5) is 8.81. The fourth-order valence-corrected chi connectivity index (χ4v) is 2.07. The molecule has 0 unspecified atom stereocenters. The maximum Gasteiger partial charge on any atom is 0.246 e. The van der Waals surface area contributed by atoms with E-state index in [-0.39, 0.29) is 0 Å². The van der Waals surface area contributed by atoms with Crippen LogP contribution < -0.4 is 9.83 Å². The Morgan fingerprint density at radius 2 is 1.81 bits per heavy atom. The number of halogens is 2. The summed E-state index contributed by atoms with van der Waals surface area (Å²) in [5.41, 5.74) is 0. The summed E-state index contributed by atoms with van der Waals surface area (Å²) in [6, 6.07) is 2.48. The lowest BCUT2D eigenvalue weighted by Gasteiger charge is -2.08. The van der Waals surface area contributed by atoms with Crippen molar-refractivity contribution >= 4 is 16.0 Å². The van der Waals surface area contributed by atoms with Gasteiger partial charge in [0, 0.05) is 0 Å². The number of carbonyl (C=O) groups excluding carboxylic acids is 1. The Hall–Kier alpha value is -1.54. The molecule has 0 bridgehead atoms. The SMILES string of the molecule is O=C([O-])CNS(=O)(=O)c1c(F)cccc1F. The van der Waals surface area contributed by atoms with Crippen molar-refractivity contribution < 1.29 is 27.1 Å². The van der Waals surface area contributed by atoms with Crippen LogP contribution in [0.3, 0.4) is 0 Å². The third kappa shape index (κ3) is 2.74. The Morgan fingerprint density at radius 1 is 1.31 bits per heavy atom. The first-order valence-electron chi connectivity index (χ1n) is 3.98. The minimum atomic E-state index is -4.54. The van der Waals surface area contributed by atoms with Gasteiger partial charge in [-0.2, -0.15) is 0 Å². The number of carboxylic acid groups (broad SMARTS) is 1. The van der Waals surface area contributed by atoms with Crippen LogP contribution in [0, 0.1) is 11.6 Å². The molecule has 0 saturated carbocycles. The molecule has 1 N–H and O–H groups in total. The molecule has 1 aromatic carbocycles. The lowest BCUT2D eigenvalue weighted by molar-refractivity contribution is -0.303. The van der Waals surface area contributed by atoms with E-state index < -0.39 is 39.1 Å². The molecule has 0 radical (unpaired) electrons. The molecular formula is C8H6F2NO4S-. The lowest BCUT2D eigenvalue weighted by Crippen LogP contribution is -2.38. The Balaban J connectivity index is 3.12. The number of hydrogen-bond acceptors (Lipinski definition) is 4. The van der Waals surface area contributed by atoms with Crippen LogP contribution in [0.5, 0.6) is 0 Å². The molecule has 1 rings (SSSR count). The molecule has 0 amide bonds. The van der Waals surface area contributed by atoms with Gasteiger partial charge >= 0.3 is 0 Å². The minimum Gasteiger partial charge on any atom is -0.549 e. The second-order valence-electron chi connectivity index (χ2n) is 2.75. The van der Waals surface area contributed by atoms with Gasteiger partial charge in [-0.25, -0.2) is 21.9 Å². The largest absolute Gasteiger partial charge is 0.549 e. The van der Waals surface area contributed by atoms with Crippen molar-refractivity contribution in [3.63, 3.8) is 0 Å². The van der Waals surface area contributed by atoms with Gasteiger partial charge in [0.2, 0.25) is 10.0 Å². The number of aliphatic carboxylic acids is 1. The number of carbonyl (C=O) groups is 1. The van der Waals surface area contributed by atoms with Gasteiger partial charge in [0.25, 0.3) is 0 Å². The van der Waals surface area contributed by atoms with Crippen LogP contribution in [0.4, 0.5) is 8.78 Å². The smallest absolute Gasteiger partial charge is 0.246 e. The van der Waals surface area contributed by atoms with E-state index in [9.17, 15) is 27.1 Å². The van der Waals surface area contributed by atoms with Crippen LogP contribution >= 0.6 is 0 Å². The molecule has 0 heterocycles. The van der Waals surface area contributed by atoms with E-state index in [4.69, 9.17) is 0 Å². The highest BCUT2D eigenvalue weighted by Crippen LogP contribution is 2.17. The highest BCUT2D eigenvalue weighted by Gasteiger charge is 2.23. The van der Waals surface area contributed by atoms with Crippen molar-refractivity contribution in [1.82, 2.24) is 4.72 Å². The number of carboxylic acids is 1. The fraction of sp³-hybridized carbons (Fsp3) is 0.125. The minimum absolute atomic E-state index is 0.747. The van der Waals surface area contributed by atoms with E-state index in [2.05, 4.69) is 0 Å². The van der Waals surface area contributed by atoms with E-state index >= 15 is 0 Å². The molecule has 0 aliphatic carbocycles. The predicted molar refractivity (Wildman–Crippen MR) is 46.6 cm³/mol. The molecule has 0 saturated heterocycles. The van der Waals surface area contributed by atoms with Crippen LogP contribution in [0.25, 0.3) is 0 Å². The number of rotatable bonds is 4. The second-order valence-corrected chi connectivity index (χ2v) is 4.45. The van der Waals surface area contributed by atoms with E-state index in [0.717, 1.165) is 18.2 Å². The molecule has 0 aliphatic heterocycles. The summed E-state index contributed by atoms with van der Waals surface area (Å²) >= 11 is 0. The summed E-state index contributed by atoms with van der Waals surface area (Å²) < 4.78 is 50.2. The summed E-state index contributed by atoms with van der Waals surface area (Å²) in [7, 11) is -4.54. The quantitative estimate of drug-likeness (QED) is 0.742. The van der Waals surface area contributed by atoms with E-state index in [1.165, 1.54) is 4.72 Å². The van der Waals surface area contributed by atoms with Gasteiger partial charge in [-0.05, 0) is 12.1 Å². The summed E-state index contributed by atoms with van der Waals surface area (Å²) in [5, 5.41) is 10.0. The molecular weight excluding hydrogens is 244 g/mol. The molecule has 0 aromatic heterocycles. The van der Waals surface area contributed by atoms with E-state index in [1.807, 2.05) is 0 Å². The van der Waals surface area contributed by atoms with Crippen molar-refractivity contribution in [3.8, 4) is 0 Å². The standard InChI is InChI=1S/C8H7F2NO4S/c9-5-2-1-3-6(10)8(5)16(14,15)11-4-7(12)13/h1-3,11H,4H2,(H,12,13)/p-1. The Morgan fingerprint density at radius 3 is 2.25 bits per heavy atom. The number of nitrogens with one attached hydrogen (secondary N) is 1. The van der Waals surface area contributed by atoms with Crippen LogP contribution in [-0.4, -0.2) is 20.9 Å². The van der Waals surface area contributed by atoms with Gasteiger partial charge < -0.3 is 9.90 Å². The second kappa shape index (κ2) is 4.54. The van der Waals surface area contributed by atoms with Gasteiger partial charge in [-0.3, -0.25) is 0 Å². The summed E-state index contributed by atoms with van der Waals surface area (Å²) in [6.07, 6.45) is 0. The molecule has 16 heavy (non-hydrogen) atoms. The molecule has 88 valence electrons. The van der Waals surface area contributed by atoms with E-state index in [0.29, 0.717) is 0 Å². The average molecular weight is 250 g/mol. The zero-order valence-electron chi connectivity index (χ0n) is 7.74. The molecule has 8 heteroatoms. The third-order valence-electron chi connectivity index (χ3n) is 1.59. The average Bonchev–Trinajstić information content (AvgIpc) is 2.14. The topological polar surface area (TPSA) is 86.3 Å². The van der Waals surface area contributed by atoms with E-state index in [1.54, 1.807) is 0 Å². The van der Waals surface area contributed by atoms with Gasteiger partial charge in [-0.15, -0.1) is 0 Å². The van der Waals surface area contributed by atoms with Crippen LogP contribution in [-0.2, 0) is 14.8 Å². The first kappa shape index (κ1) is 12.5. The molecule has 1 aromatic rings. The Bertz CT molecular complexity index is 495. The summed E-state index contributed by atoms with van der Waals surface area (Å²) in [6.45, 7) is -1.06. The Kier molecular flexibility index (Phi) is 3.55. The first-order chi connectivity index (χ1) is 7.34.